The summed E-state index contributed by atoms with van der Waals surface area (Å²) in [6, 6.07) is 1.86. The highest BCUT2D eigenvalue weighted by Crippen LogP contribution is 2.31. The number of hydrogen-bond acceptors (Lipinski definition) is 5. The summed E-state index contributed by atoms with van der Waals surface area (Å²) in [7, 11) is 0. The first kappa shape index (κ1) is 13.9. The maximum atomic E-state index is 10.1. The molecule has 1 aliphatic heterocycles. The second kappa shape index (κ2) is 5.76. The number of nitrogen functional groups attached to an aromatic ring is 1. The van der Waals surface area contributed by atoms with Gasteiger partial charge in [-0.2, -0.15) is 11.8 Å². The molecule has 1 aromatic heterocycles. The van der Waals surface area contributed by atoms with Crippen molar-refractivity contribution >= 4 is 23.0 Å². The van der Waals surface area contributed by atoms with E-state index in [0.717, 1.165) is 48.8 Å². The zero-order chi connectivity index (χ0) is 14.1. The zero-order valence-corrected chi connectivity index (χ0v) is 12.6. The summed E-state index contributed by atoms with van der Waals surface area (Å²) in [5.74, 6) is 1.42. The minimum atomic E-state index is -0.197. The van der Waals surface area contributed by atoms with Crippen molar-refractivity contribution < 1.29 is 5.11 Å². The fraction of sp³-hybridized carbons (Fsp3) is 0.533. The van der Waals surface area contributed by atoms with Gasteiger partial charge in [-0.3, -0.25) is 9.88 Å². The van der Waals surface area contributed by atoms with Crippen LogP contribution in [0.25, 0.3) is 5.57 Å². The van der Waals surface area contributed by atoms with Crippen molar-refractivity contribution in [1.29, 1.82) is 0 Å². The summed E-state index contributed by atoms with van der Waals surface area (Å²) in [5, 5.41) is 10.1. The molecule has 0 bridgehead atoms. The normalized spacial score (nSPS) is 25.8. The van der Waals surface area contributed by atoms with Crippen LogP contribution in [0, 0.1) is 5.92 Å². The number of aliphatic hydroxyl groups is 1. The number of likely N-dealkylation sites (tertiary alicyclic amines) is 1. The number of anilines is 1. The van der Waals surface area contributed by atoms with E-state index in [2.05, 4.69) is 22.2 Å². The number of pyridine rings is 1. The van der Waals surface area contributed by atoms with Crippen LogP contribution in [0.1, 0.15) is 11.3 Å². The van der Waals surface area contributed by atoms with Crippen LogP contribution in [0.2, 0.25) is 0 Å². The van der Waals surface area contributed by atoms with E-state index in [1.165, 1.54) is 5.57 Å². The fourth-order valence-corrected chi connectivity index (χ4v) is 3.90. The Hall–Kier alpha value is -1.04. The van der Waals surface area contributed by atoms with Crippen molar-refractivity contribution in [2.75, 3.05) is 37.4 Å². The van der Waals surface area contributed by atoms with Crippen molar-refractivity contribution in [3.05, 3.63) is 29.6 Å². The number of allylic oxidation sites excluding steroid dienone is 1. The maximum absolute atomic E-state index is 10.1. The third-order valence-corrected chi connectivity index (χ3v) is 4.97. The van der Waals surface area contributed by atoms with Gasteiger partial charge in [0.25, 0.3) is 0 Å². The van der Waals surface area contributed by atoms with Crippen molar-refractivity contribution in [2.45, 2.75) is 12.5 Å². The van der Waals surface area contributed by atoms with E-state index >= 15 is 0 Å². The quantitative estimate of drug-likeness (QED) is 0.874. The molecule has 4 nitrogen and oxygen atoms in total. The van der Waals surface area contributed by atoms with Crippen LogP contribution in [0.5, 0.6) is 0 Å². The Kier molecular flexibility index (Phi) is 4.01. The summed E-state index contributed by atoms with van der Waals surface area (Å²) in [5.41, 5.74) is 10.3. The highest BCUT2D eigenvalue weighted by Gasteiger charge is 2.32. The molecule has 0 unspecified atom stereocenters. The summed E-state index contributed by atoms with van der Waals surface area (Å²) in [6.45, 7) is 2.60. The second-order valence-corrected chi connectivity index (χ2v) is 6.55. The fourth-order valence-electron chi connectivity index (χ4n) is 3.15. The Bertz CT molecular complexity index is 532. The van der Waals surface area contributed by atoms with Gasteiger partial charge in [-0.15, -0.1) is 0 Å². The first-order valence-electron chi connectivity index (χ1n) is 7.01. The molecule has 2 heterocycles. The number of aliphatic hydroxyl groups excluding tert-OH is 1. The number of β-amino-alcohol motifs (C(OH)–C–C–N with tert-alkyl or cyclic N) is 1. The minimum Gasteiger partial charge on any atom is -0.398 e. The molecule has 1 aliphatic carbocycles. The molecule has 1 saturated heterocycles. The maximum Gasteiger partial charge on any atom is 0.0727 e. The first-order chi connectivity index (χ1) is 9.69. The van der Waals surface area contributed by atoms with Gasteiger partial charge < -0.3 is 10.8 Å². The average molecular weight is 291 g/mol. The molecule has 2 aliphatic rings. The summed E-state index contributed by atoms with van der Waals surface area (Å²) < 4.78 is 0. The Labute approximate surface area is 124 Å². The lowest BCUT2D eigenvalue weighted by molar-refractivity contribution is 0.151. The van der Waals surface area contributed by atoms with Crippen molar-refractivity contribution in [2.24, 2.45) is 5.92 Å². The monoisotopic (exact) mass is 291 g/mol. The Morgan fingerprint density at radius 1 is 1.50 bits per heavy atom. The van der Waals surface area contributed by atoms with Gasteiger partial charge in [0.05, 0.1) is 11.8 Å². The standard InChI is InChI=1S/C15H21N3OS/c1-20-9-11-7-18(8-14(11)19)6-10-2-3-12-13(16)4-5-17-15(10)12/h2,4-5,11,14,19H,3,6-9H2,1H3,(H2,16,17)/t11-,14-/m1/s1. The van der Waals surface area contributed by atoms with Gasteiger partial charge in [0.15, 0.2) is 0 Å². The van der Waals surface area contributed by atoms with Gasteiger partial charge >= 0.3 is 0 Å². The predicted molar refractivity (Wildman–Crippen MR) is 84.6 cm³/mol. The van der Waals surface area contributed by atoms with Gasteiger partial charge in [-0.1, -0.05) is 6.08 Å². The third-order valence-electron chi connectivity index (χ3n) is 4.21. The van der Waals surface area contributed by atoms with E-state index in [4.69, 9.17) is 5.73 Å². The average Bonchev–Trinajstić information content (AvgIpc) is 2.97. The van der Waals surface area contributed by atoms with Crippen LogP contribution in [0.3, 0.4) is 0 Å². The summed E-state index contributed by atoms with van der Waals surface area (Å²) >= 11 is 1.81. The molecule has 108 valence electrons. The number of rotatable bonds is 4. The number of nitrogens with zero attached hydrogens (tertiary/aromatic N) is 2. The van der Waals surface area contributed by atoms with Crippen molar-refractivity contribution in [3.8, 4) is 0 Å². The van der Waals surface area contributed by atoms with Crippen LogP contribution in [-0.2, 0) is 6.42 Å². The van der Waals surface area contributed by atoms with Crippen molar-refractivity contribution in [1.82, 2.24) is 9.88 Å². The molecule has 3 rings (SSSR count). The lowest BCUT2D eigenvalue weighted by Gasteiger charge is -2.16. The largest absolute Gasteiger partial charge is 0.398 e. The lowest BCUT2D eigenvalue weighted by atomic mass is 10.1. The number of nitrogens with two attached hydrogens (primary N) is 1. The van der Waals surface area contributed by atoms with E-state index in [1.807, 2.05) is 17.8 Å². The molecule has 20 heavy (non-hydrogen) atoms. The Balaban J connectivity index is 1.68. The molecule has 1 fully saturated rings. The molecular formula is C15H21N3OS. The SMILES string of the molecule is CSC[C@H]1CN(CC2=CCc3c(N)ccnc32)C[C@H]1O. The Morgan fingerprint density at radius 2 is 2.35 bits per heavy atom. The van der Waals surface area contributed by atoms with Gasteiger partial charge in [0.2, 0.25) is 0 Å². The van der Waals surface area contributed by atoms with Gasteiger partial charge in [0.1, 0.15) is 0 Å². The molecule has 0 amide bonds. The summed E-state index contributed by atoms with van der Waals surface area (Å²) in [6.07, 6.45) is 6.79. The van der Waals surface area contributed by atoms with E-state index in [9.17, 15) is 5.11 Å². The summed E-state index contributed by atoms with van der Waals surface area (Å²) in [4.78, 5) is 6.81. The molecule has 5 heteroatoms. The van der Waals surface area contributed by atoms with E-state index in [-0.39, 0.29) is 6.10 Å². The number of hydrogen-bond donors (Lipinski definition) is 2. The first-order valence-corrected chi connectivity index (χ1v) is 8.40. The van der Waals surface area contributed by atoms with Gasteiger partial charge in [-0.25, -0.2) is 0 Å². The molecule has 1 aromatic rings. The van der Waals surface area contributed by atoms with Crippen LogP contribution in [0.15, 0.2) is 18.3 Å². The third kappa shape index (κ3) is 2.57. The predicted octanol–water partition coefficient (Wildman–Crippen LogP) is 1.26. The van der Waals surface area contributed by atoms with Crippen LogP contribution >= 0.6 is 11.8 Å². The number of fused-ring (bicyclic) bond motifs is 1. The van der Waals surface area contributed by atoms with Crippen LogP contribution < -0.4 is 5.73 Å². The highest BCUT2D eigenvalue weighted by molar-refractivity contribution is 7.98. The van der Waals surface area contributed by atoms with E-state index in [0.29, 0.717) is 5.92 Å². The highest BCUT2D eigenvalue weighted by atomic mass is 32.2. The number of thioether (sulfide) groups is 1. The molecule has 0 radical (unpaired) electrons. The van der Waals surface area contributed by atoms with E-state index < -0.39 is 0 Å². The topological polar surface area (TPSA) is 62.4 Å². The molecule has 3 N–H and O–H groups in total. The minimum absolute atomic E-state index is 0.197. The smallest absolute Gasteiger partial charge is 0.0727 e. The van der Waals surface area contributed by atoms with Crippen molar-refractivity contribution in [3.63, 3.8) is 0 Å². The Morgan fingerprint density at radius 3 is 3.15 bits per heavy atom. The molecule has 2 atom stereocenters. The van der Waals surface area contributed by atoms with Gasteiger partial charge in [-0.05, 0) is 30.1 Å². The molecule has 0 spiro atoms. The van der Waals surface area contributed by atoms with E-state index in [1.54, 1.807) is 6.20 Å². The molecule has 0 aromatic carbocycles. The van der Waals surface area contributed by atoms with Crippen LogP contribution in [0.4, 0.5) is 5.69 Å². The van der Waals surface area contributed by atoms with Gasteiger partial charge in [0, 0.05) is 43.0 Å². The van der Waals surface area contributed by atoms with Crippen LogP contribution in [-0.4, -0.2) is 52.7 Å². The molecule has 0 saturated carbocycles. The zero-order valence-electron chi connectivity index (χ0n) is 11.7. The lowest BCUT2D eigenvalue weighted by Crippen LogP contribution is -2.24. The number of aromatic nitrogens is 1. The second-order valence-electron chi connectivity index (χ2n) is 5.64. The molecular weight excluding hydrogens is 270 g/mol.